The zero-order valence-electron chi connectivity index (χ0n) is 9.80. The molecule has 18 heavy (non-hydrogen) atoms. The van der Waals surface area contributed by atoms with Crippen molar-refractivity contribution in [3.63, 3.8) is 0 Å². The van der Waals surface area contributed by atoms with Gasteiger partial charge in [-0.2, -0.15) is 0 Å². The van der Waals surface area contributed by atoms with Gasteiger partial charge in [-0.15, -0.1) is 0 Å². The fourth-order valence-electron chi connectivity index (χ4n) is 2.02. The molecule has 0 atom stereocenters. The fourth-order valence-corrected chi connectivity index (χ4v) is 2.79. The summed E-state index contributed by atoms with van der Waals surface area (Å²) in [5.74, 6) is 0.204. The average molecular weight is 288 g/mol. The van der Waals surface area contributed by atoms with Crippen LogP contribution in [0, 0.1) is 0 Å². The second-order valence-corrected chi connectivity index (χ2v) is 6.88. The molecule has 1 aromatic rings. The first-order chi connectivity index (χ1) is 8.47. The molecule has 0 radical (unpaired) electrons. The number of hydrogen-bond donors (Lipinski definition) is 0. The molecule has 1 aromatic carbocycles. The van der Waals surface area contributed by atoms with Crippen LogP contribution in [0.25, 0.3) is 0 Å². The lowest BCUT2D eigenvalue weighted by Crippen LogP contribution is -2.26. The Morgan fingerprint density at radius 2 is 1.89 bits per heavy atom. The summed E-state index contributed by atoms with van der Waals surface area (Å²) < 4.78 is 22.1. The molecule has 1 heterocycles. The molecule has 1 aliphatic heterocycles. The molecular weight excluding hydrogens is 274 g/mol. The Balaban J connectivity index is 1.96. The normalized spacial score (nSPS) is 16.3. The van der Waals surface area contributed by atoms with Crippen molar-refractivity contribution >= 4 is 25.6 Å². The van der Waals surface area contributed by atoms with Gasteiger partial charge in [0.15, 0.2) is 0 Å². The first-order valence-corrected chi connectivity index (χ1v) is 8.09. The van der Waals surface area contributed by atoms with Gasteiger partial charge in [0.1, 0.15) is 0 Å². The van der Waals surface area contributed by atoms with Gasteiger partial charge in [0, 0.05) is 30.2 Å². The third-order valence-electron chi connectivity index (χ3n) is 3.05. The van der Waals surface area contributed by atoms with Crippen LogP contribution in [-0.4, -0.2) is 32.3 Å². The number of amides is 1. The number of likely N-dealkylation sites (tertiary alicyclic amines) is 1. The van der Waals surface area contributed by atoms with Crippen LogP contribution in [0.15, 0.2) is 29.2 Å². The summed E-state index contributed by atoms with van der Waals surface area (Å²) in [5.41, 5.74) is 0.999. The van der Waals surface area contributed by atoms with Crippen LogP contribution in [0.5, 0.6) is 0 Å². The van der Waals surface area contributed by atoms with Crippen molar-refractivity contribution in [3.05, 3.63) is 29.8 Å². The van der Waals surface area contributed by atoms with Gasteiger partial charge in [0.25, 0.3) is 9.05 Å². The van der Waals surface area contributed by atoms with E-state index >= 15 is 0 Å². The van der Waals surface area contributed by atoms with Gasteiger partial charge < -0.3 is 4.90 Å². The largest absolute Gasteiger partial charge is 0.342 e. The lowest BCUT2D eigenvalue weighted by Gasteiger charge is -2.15. The Hall–Kier alpha value is -1.07. The fraction of sp³-hybridized carbons (Fsp3) is 0.417. The van der Waals surface area contributed by atoms with Gasteiger partial charge in [0.05, 0.1) is 4.90 Å². The predicted molar refractivity (Wildman–Crippen MR) is 69.0 cm³/mol. The third-order valence-corrected chi connectivity index (χ3v) is 4.42. The average Bonchev–Trinajstić information content (AvgIpc) is 2.72. The standard InChI is InChI=1S/C12H14ClNO3S/c13-18(16,17)11-5-3-10(4-6-11)7-9-14-8-1-2-12(14)15/h3-6H,1-2,7-9H2. The van der Waals surface area contributed by atoms with E-state index in [1.807, 2.05) is 4.90 Å². The van der Waals surface area contributed by atoms with Crippen molar-refractivity contribution in [1.29, 1.82) is 0 Å². The molecule has 4 nitrogen and oxygen atoms in total. The van der Waals surface area contributed by atoms with E-state index < -0.39 is 9.05 Å². The van der Waals surface area contributed by atoms with Crippen molar-refractivity contribution in [2.24, 2.45) is 0 Å². The van der Waals surface area contributed by atoms with Crippen molar-refractivity contribution in [3.8, 4) is 0 Å². The summed E-state index contributed by atoms with van der Waals surface area (Å²) in [6.45, 7) is 1.51. The highest BCUT2D eigenvalue weighted by atomic mass is 35.7. The summed E-state index contributed by atoms with van der Waals surface area (Å²) in [5, 5.41) is 0. The highest BCUT2D eigenvalue weighted by molar-refractivity contribution is 8.13. The molecule has 1 saturated heterocycles. The predicted octanol–water partition coefficient (Wildman–Crippen LogP) is 1.78. The summed E-state index contributed by atoms with van der Waals surface area (Å²) in [7, 11) is 1.58. The van der Waals surface area contributed by atoms with Gasteiger partial charge in [-0.1, -0.05) is 12.1 Å². The van der Waals surface area contributed by atoms with Gasteiger partial charge in [-0.3, -0.25) is 4.79 Å². The molecule has 0 unspecified atom stereocenters. The second-order valence-electron chi connectivity index (χ2n) is 4.32. The van der Waals surface area contributed by atoms with Crippen molar-refractivity contribution in [2.75, 3.05) is 13.1 Å². The van der Waals surface area contributed by atoms with Crippen molar-refractivity contribution in [1.82, 2.24) is 4.90 Å². The van der Waals surface area contributed by atoms with Crippen LogP contribution in [-0.2, 0) is 20.3 Å². The van der Waals surface area contributed by atoms with E-state index in [4.69, 9.17) is 10.7 Å². The molecular formula is C12H14ClNO3S. The highest BCUT2D eigenvalue weighted by Gasteiger charge is 2.19. The number of rotatable bonds is 4. The quantitative estimate of drug-likeness (QED) is 0.793. The van der Waals surface area contributed by atoms with Gasteiger partial charge >= 0.3 is 0 Å². The second kappa shape index (κ2) is 5.28. The van der Waals surface area contributed by atoms with Crippen molar-refractivity contribution < 1.29 is 13.2 Å². The SMILES string of the molecule is O=C1CCCN1CCc1ccc(S(=O)(=O)Cl)cc1. The maximum Gasteiger partial charge on any atom is 0.261 e. The van der Waals surface area contributed by atoms with Crippen LogP contribution in [0.1, 0.15) is 18.4 Å². The van der Waals surface area contributed by atoms with Crippen LogP contribution < -0.4 is 0 Å². The molecule has 1 fully saturated rings. The Morgan fingerprint density at radius 3 is 2.39 bits per heavy atom. The molecule has 0 N–H and O–H groups in total. The highest BCUT2D eigenvalue weighted by Crippen LogP contribution is 2.16. The van der Waals surface area contributed by atoms with E-state index in [-0.39, 0.29) is 10.8 Å². The molecule has 0 spiro atoms. The molecule has 98 valence electrons. The zero-order chi connectivity index (χ0) is 13.2. The molecule has 1 amide bonds. The monoisotopic (exact) mass is 287 g/mol. The van der Waals surface area contributed by atoms with E-state index in [0.29, 0.717) is 13.0 Å². The molecule has 0 aliphatic carbocycles. The maximum atomic E-state index is 11.4. The number of hydrogen-bond acceptors (Lipinski definition) is 3. The van der Waals surface area contributed by atoms with Crippen molar-refractivity contribution in [2.45, 2.75) is 24.2 Å². The molecule has 0 saturated carbocycles. The van der Waals surface area contributed by atoms with E-state index in [9.17, 15) is 13.2 Å². The van der Waals surface area contributed by atoms with Gasteiger partial charge in [-0.05, 0) is 30.5 Å². The number of halogens is 1. The summed E-state index contributed by atoms with van der Waals surface area (Å²) >= 11 is 0. The number of benzene rings is 1. The molecule has 1 aliphatic rings. The Morgan fingerprint density at radius 1 is 1.22 bits per heavy atom. The Kier molecular flexibility index (Phi) is 3.92. The smallest absolute Gasteiger partial charge is 0.261 e. The lowest BCUT2D eigenvalue weighted by molar-refractivity contribution is -0.127. The van der Waals surface area contributed by atoms with Crippen LogP contribution >= 0.6 is 10.7 Å². The Bertz CT molecular complexity index is 539. The van der Waals surface area contributed by atoms with Gasteiger partial charge in [0.2, 0.25) is 5.91 Å². The van der Waals surface area contributed by atoms with E-state index in [1.54, 1.807) is 12.1 Å². The minimum Gasteiger partial charge on any atom is -0.342 e. The van der Waals surface area contributed by atoms with E-state index in [0.717, 1.165) is 24.9 Å². The van der Waals surface area contributed by atoms with Crippen LogP contribution in [0.3, 0.4) is 0 Å². The first-order valence-electron chi connectivity index (χ1n) is 5.78. The summed E-state index contributed by atoms with van der Waals surface area (Å²) in [6, 6.07) is 6.44. The molecule has 6 heteroatoms. The van der Waals surface area contributed by atoms with Crippen LogP contribution in [0.2, 0.25) is 0 Å². The minimum atomic E-state index is -3.65. The Labute approximate surface area is 111 Å². The lowest BCUT2D eigenvalue weighted by atomic mass is 10.1. The van der Waals surface area contributed by atoms with Crippen LogP contribution in [0.4, 0.5) is 0 Å². The number of carbonyl (C=O) groups is 1. The van der Waals surface area contributed by atoms with E-state index in [1.165, 1.54) is 12.1 Å². The summed E-state index contributed by atoms with van der Waals surface area (Å²) in [4.78, 5) is 13.4. The molecule has 0 bridgehead atoms. The van der Waals surface area contributed by atoms with E-state index in [2.05, 4.69) is 0 Å². The third kappa shape index (κ3) is 3.23. The topological polar surface area (TPSA) is 54.5 Å². The number of nitrogens with zero attached hydrogens (tertiary/aromatic N) is 1. The number of carbonyl (C=O) groups excluding carboxylic acids is 1. The molecule has 0 aromatic heterocycles. The van der Waals surface area contributed by atoms with Gasteiger partial charge in [-0.25, -0.2) is 8.42 Å². The minimum absolute atomic E-state index is 0.102. The zero-order valence-corrected chi connectivity index (χ0v) is 11.4. The molecule has 2 rings (SSSR count). The maximum absolute atomic E-state index is 11.4. The first kappa shape index (κ1) is 13.4. The summed E-state index contributed by atoms with van der Waals surface area (Å²) in [6.07, 6.45) is 2.31.